The summed E-state index contributed by atoms with van der Waals surface area (Å²) in [6.45, 7) is 1.97. The van der Waals surface area contributed by atoms with Crippen LogP contribution >= 0.6 is 0 Å². The van der Waals surface area contributed by atoms with Gasteiger partial charge >= 0.3 is 0 Å². The second-order valence-electron chi connectivity index (χ2n) is 5.25. The molecular formula is C11H17N3O. The van der Waals surface area contributed by atoms with Gasteiger partial charge in [0.25, 0.3) is 0 Å². The van der Waals surface area contributed by atoms with E-state index in [4.69, 9.17) is 0 Å². The van der Waals surface area contributed by atoms with Crippen LogP contribution < -0.4 is 0 Å². The van der Waals surface area contributed by atoms with E-state index in [2.05, 4.69) is 10.3 Å². The van der Waals surface area contributed by atoms with E-state index in [1.54, 1.807) is 0 Å². The summed E-state index contributed by atoms with van der Waals surface area (Å²) in [6.07, 6.45) is 7.95. The number of hydrogen-bond donors (Lipinski definition) is 1. The summed E-state index contributed by atoms with van der Waals surface area (Å²) >= 11 is 0. The molecule has 0 amide bonds. The maximum Gasteiger partial charge on any atom is 0.0796 e. The molecule has 0 aliphatic heterocycles. The quantitative estimate of drug-likeness (QED) is 0.757. The van der Waals surface area contributed by atoms with Gasteiger partial charge in [-0.25, -0.2) is 4.68 Å². The number of aryl methyl sites for hydroxylation is 1. The molecule has 0 spiro atoms. The van der Waals surface area contributed by atoms with Crippen molar-refractivity contribution >= 4 is 0 Å². The second-order valence-corrected chi connectivity index (χ2v) is 5.25. The van der Waals surface area contributed by atoms with Gasteiger partial charge in [0, 0.05) is 6.20 Å². The Labute approximate surface area is 89.3 Å². The average molecular weight is 207 g/mol. The maximum absolute atomic E-state index is 10.1. The molecule has 0 aromatic carbocycles. The maximum atomic E-state index is 10.1. The lowest BCUT2D eigenvalue weighted by Gasteiger charge is -2.50. The van der Waals surface area contributed by atoms with Crippen LogP contribution in [0.2, 0.25) is 0 Å². The van der Waals surface area contributed by atoms with Crippen LogP contribution in [0.1, 0.15) is 44.2 Å². The van der Waals surface area contributed by atoms with Crippen molar-refractivity contribution in [2.45, 2.75) is 56.6 Å². The Morgan fingerprint density at radius 1 is 1.20 bits per heavy atom. The first-order valence-electron chi connectivity index (χ1n) is 5.74. The van der Waals surface area contributed by atoms with E-state index in [9.17, 15) is 5.11 Å². The molecule has 4 heteroatoms. The topological polar surface area (TPSA) is 50.9 Å². The molecule has 3 fully saturated rings. The molecule has 2 bridgehead atoms. The van der Waals surface area contributed by atoms with Gasteiger partial charge in [0.1, 0.15) is 0 Å². The zero-order valence-electron chi connectivity index (χ0n) is 9.11. The molecule has 0 saturated heterocycles. The highest BCUT2D eigenvalue weighted by Crippen LogP contribution is 2.50. The molecule has 15 heavy (non-hydrogen) atoms. The first-order chi connectivity index (χ1) is 7.12. The minimum absolute atomic E-state index is 0.158. The first-order valence-corrected chi connectivity index (χ1v) is 5.74. The van der Waals surface area contributed by atoms with Crippen LogP contribution in [0.3, 0.4) is 0 Å². The molecule has 0 unspecified atom stereocenters. The van der Waals surface area contributed by atoms with Crippen molar-refractivity contribution < 1.29 is 5.11 Å². The van der Waals surface area contributed by atoms with Gasteiger partial charge < -0.3 is 5.11 Å². The fourth-order valence-corrected chi connectivity index (χ4v) is 3.07. The van der Waals surface area contributed by atoms with E-state index >= 15 is 0 Å². The van der Waals surface area contributed by atoms with Crippen LogP contribution in [0.4, 0.5) is 0 Å². The van der Waals surface area contributed by atoms with E-state index in [0.29, 0.717) is 0 Å². The Kier molecular flexibility index (Phi) is 1.75. The van der Waals surface area contributed by atoms with Crippen LogP contribution in [0.15, 0.2) is 6.20 Å². The lowest BCUT2D eigenvalue weighted by molar-refractivity contribution is -0.0895. The fourth-order valence-electron chi connectivity index (χ4n) is 3.07. The van der Waals surface area contributed by atoms with E-state index < -0.39 is 0 Å². The highest BCUT2D eigenvalue weighted by Gasteiger charge is 2.49. The van der Waals surface area contributed by atoms with Crippen LogP contribution in [-0.2, 0) is 5.54 Å². The summed E-state index contributed by atoms with van der Waals surface area (Å²) in [5.74, 6) is 0. The lowest BCUT2D eigenvalue weighted by atomic mass is 9.63. The predicted octanol–water partition coefficient (Wildman–Crippen LogP) is 1.38. The zero-order chi connectivity index (χ0) is 10.5. The van der Waals surface area contributed by atoms with Crippen molar-refractivity contribution in [2.24, 2.45) is 0 Å². The van der Waals surface area contributed by atoms with E-state index in [-0.39, 0.29) is 11.1 Å². The largest absolute Gasteiger partial charge is 0.390 e. The second kappa shape index (κ2) is 2.82. The van der Waals surface area contributed by atoms with E-state index in [1.807, 2.05) is 17.8 Å². The van der Waals surface area contributed by atoms with Crippen LogP contribution in [0.25, 0.3) is 0 Å². The van der Waals surface area contributed by atoms with Crippen molar-refractivity contribution in [3.8, 4) is 0 Å². The highest BCUT2D eigenvalue weighted by atomic mass is 16.3. The summed E-state index contributed by atoms with van der Waals surface area (Å²) in [7, 11) is 0. The van der Waals surface area contributed by atoms with Crippen molar-refractivity contribution in [3.05, 3.63) is 11.9 Å². The molecule has 1 N–H and O–H groups in total. The Balaban J connectivity index is 1.93. The third-order valence-electron chi connectivity index (χ3n) is 4.26. The summed E-state index contributed by atoms with van der Waals surface area (Å²) in [6, 6.07) is 0. The molecule has 0 radical (unpaired) electrons. The van der Waals surface area contributed by atoms with Gasteiger partial charge in [0.15, 0.2) is 0 Å². The van der Waals surface area contributed by atoms with Gasteiger partial charge in [0.05, 0.1) is 16.8 Å². The van der Waals surface area contributed by atoms with Crippen molar-refractivity contribution in [2.75, 3.05) is 0 Å². The molecule has 82 valence electrons. The van der Waals surface area contributed by atoms with Gasteiger partial charge in [-0.2, -0.15) is 0 Å². The summed E-state index contributed by atoms with van der Waals surface area (Å²) < 4.78 is 2.04. The molecule has 1 heterocycles. The van der Waals surface area contributed by atoms with Gasteiger partial charge in [-0.15, -0.1) is 5.10 Å². The van der Waals surface area contributed by atoms with E-state index in [0.717, 1.165) is 44.2 Å². The smallest absolute Gasteiger partial charge is 0.0796 e. The minimum atomic E-state index is -0.364. The number of hydrogen-bond acceptors (Lipinski definition) is 3. The van der Waals surface area contributed by atoms with Gasteiger partial charge in [-0.05, 0) is 45.4 Å². The molecule has 4 nitrogen and oxygen atoms in total. The minimum Gasteiger partial charge on any atom is -0.390 e. The highest BCUT2D eigenvalue weighted by molar-refractivity contribution is 5.04. The van der Waals surface area contributed by atoms with Gasteiger partial charge in [0.2, 0.25) is 0 Å². The van der Waals surface area contributed by atoms with Gasteiger partial charge in [-0.3, -0.25) is 0 Å². The third kappa shape index (κ3) is 1.31. The van der Waals surface area contributed by atoms with Crippen LogP contribution in [-0.4, -0.2) is 25.7 Å². The van der Waals surface area contributed by atoms with Crippen LogP contribution in [0.5, 0.6) is 0 Å². The number of aliphatic hydroxyl groups is 1. The Bertz CT molecular complexity index is 360. The molecule has 3 saturated carbocycles. The summed E-state index contributed by atoms with van der Waals surface area (Å²) in [5.41, 5.74) is 0.777. The standard InChI is InChI=1S/C11H17N3O/c1-9-8-14(13-12-9)10-2-5-11(15,6-3-10)7-4-10/h8,15H,2-7H2,1H3. The number of nitrogens with zero attached hydrogens (tertiary/aromatic N) is 3. The summed E-state index contributed by atoms with van der Waals surface area (Å²) in [5, 5.41) is 18.4. The number of aromatic nitrogens is 3. The Morgan fingerprint density at radius 2 is 1.80 bits per heavy atom. The molecule has 0 atom stereocenters. The average Bonchev–Trinajstić information content (AvgIpc) is 2.67. The first kappa shape index (κ1) is 9.33. The van der Waals surface area contributed by atoms with Crippen molar-refractivity contribution in [1.29, 1.82) is 0 Å². The summed E-state index contributed by atoms with van der Waals surface area (Å²) in [4.78, 5) is 0. The SMILES string of the molecule is Cc1cn(C23CCC(O)(CC2)CC3)nn1. The molecular weight excluding hydrogens is 190 g/mol. The third-order valence-corrected chi connectivity index (χ3v) is 4.26. The normalized spacial score (nSPS) is 39.6. The zero-order valence-corrected chi connectivity index (χ0v) is 9.11. The van der Waals surface area contributed by atoms with Crippen LogP contribution in [0, 0.1) is 6.92 Å². The van der Waals surface area contributed by atoms with Crippen molar-refractivity contribution in [3.63, 3.8) is 0 Å². The number of fused-ring (bicyclic) bond motifs is 3. The van der Waals surface area contributed by atoms with E-state index in [1.165, 1.54) is 0 Å². The molecule has 3 aliphatic carbocycles. The molecule has 3 aliphatic rings. The predicted molar refractivity (Wildman–Crippen MR) is 55.4 cm³/mol. The molecule has 1 aromatic rings. The number of rotatable bonds is 1. The Morgan fingerprint density at radius 3 is 2.27 bits per heavy atom. The van der Waals surface area contributed by atoms with Crippen molar-refractivity contribution in [1.82, 2.24) is 15.0 Å². The Hall–Kier alpha value is -0.900. The van der Waals surface area contributed by atoms with Gasteiger partial charge in [-0.1, -0.05) is 5.21 Å². The monoisotopic (exact) mass is 207 g/mol. The lowest BCUT2D eigenvalue weighted by Crippen LogP contribution is -2.51. The fraction of sp³-hybridized carbons (Fsp3) is 0.818. The molecule has 4 rings (SSSR count). The molecule has 1 aromatic heterocycles.